The van der Waals surface area contributed by atoms with Crippen LogP contribution in [0.25, 0.3) is 0 Å². The van der Waals surface area contributed by atoms with Crippen LogP contribution in [0.4, 0.5) is 0 Å². The SMILES string of the molecule is CO[C@H]1[C@H](O)[C@@H]2OC[C@@H](O2)[C@@H]1O. The molecule has 0 unspecified atom stereocenters. The quantitative estimate of drug-likeness (QED) is 0.507. The predicted octanol–water partition coefficient (Wildman–Crippen LogP) is -1.52. The van der Waals surface area contributed by atoms with Gasteiger partial charge in [-0.25, -0.2) is 0 Å². The fourth-order valence-corrected chi connectivity index (χ4v) is 1.65. The first kappa shape index (κ1) is 8.40. The van der Waals surface area contributed by atoms with Gasteiger partial charge < -0.3 is 24.4 Å². The van der Waals surface area contributed by atoms with Crippen molar-refractivity contribution in [2.45, 2.75) is 30.7 Å². The summed E-state index contributed by atoms with van der Waals surface area (Å²) in [6, 6.07) is 0. The van der Waals surface area contributed by atoms with Crippen LogP contribution in [-0.2, 0) is 14.2 Å². The molecule has 0 spiro atoms. The third-order valence-corrected chi connectivity index (χ3v) is 2.34. The monoisotopic (exact) mass is 176 g/mol. The van der Waals surface area contributed by atoms with Gasteiger partial charge in [0.25, 0.3) is 0 Å². The van der Waals surface area contributed by atoms with Crippen LogP contribution in [-0.4, -0.2) is 54.6 Å². The van der Waals surface area contributed by atoms with Gasteiger partial charge in [-0.2, -0.15) is 0 Å². The summed E-state index contributed by atoms with van der Waals surface area (Å²) in [7, 11) is 1.45. The van der Waals surface area contributed by atoms with Crippen LogP contribution in [0.15, 0.2) is 0 Å². The van der Waals surface area contributed by atoms with Crippen LogP contribution >= 0.6 is 0 Å². The summed E-state index contributed by atoms with van der Waals surface area (Å²) in [4.78, 5) is 0. The van der Waals surface area contributed by atoms with E-state index in [0.717, 1.165) is 0 Å². The second-order valence-corrected chi connectivity index (χ2v) is 3.06. The minimum absolute atomic E-state index is 0.322. The van der Waals surface area contributed by atoms with Gasteiger partial charge in [0.05, 0.1) is 6.61 Å². The summed E-state index contributed by atoms with van der Waals surface area (Å²) in [6.07, 6.45) is -3.30. The van der Waals surface area contributed by atoms with E-state index in [1.165, 1.54) is 7.11 Å². The van der Waals surface area contributed by atoms with Gasteiger partial charge in [0.15, 0.2) is 6.29 Å². The first-order valence-corrected chi connectivity index (χ1v) is 3.90. The van der Waals surface area contributed by atoms with Crippen molar-refractivity contribution < 1.29 is 24.4 Å². The number of rotatable bonds is 1. The number of ether oxygens (including phenoxy) is 3. The molecule has 0 amide bonds. The summed E-state index contributed by atoms with van der Waals surface area (Å²) in [6.45, 7) is 0.322. The van der Waals surface area contributed by atoms with Crippen molar-refractivity contribution in [3.63, 3.8) is 0 Å². The molecular formula is C7H12O5. The van der Waals surface area contributed by atoms with Crippen molar-refractivity contribution in [3.05, 3.63) is 0 Å². The molecule has 0 radical (unpaired) electrons. The molecule has 2 bridgehead atoms. The zero-order chi connectivity index (χ0) is 8.72. The number of hydrogen-bond donors (Lipinski definition) is 2. The van der Waals surface area contributed by atoms with Crippen LogP contribution in [0.5, 0.6) is 0 Å². The molecule has 2 saturated heterocycles. The highest BCUT2D eigenvalue weighted by Gasteiger charge is 2.49. The van der Waals surface area contributed by atoms with E-state index in [9.17, 15) is 10.2 Å². The van der Waals surface area contributed by atoms with Gasteiger partial charge in [0.2, 0.25) is 0 Å². The molecule has 0 saturated carbocycles. The smallest absolute Gasteiger partial charge is 0.186 e. The van der Waals surface area contributed by atoms with Crippen molar-refractivity contribution in [2.75, 3.05) is 13.7 Å². The van der Waals surface area contributed by atoms with Gasteiger partial charge in [-0.05, 0) is 0 Å². The van der Waals surface area contributed by atoms with Gasteiger partial charge in [-0.1, -0.05) is 0 Å². The normalized spacial score (nSPS) is 52.8. The molecule has 2 rings (SSSR count). The highest BCUT2D eigenvalue weighted by Crippen LogP contribution is 2.29. The Morgan fingerprint density at radius 1 is 1.33 bits per heavy atom. The average Bonchev–Trinajstić information content (AvgIpc) is 2.48. The van der Waals surface area contributed by atoms with Gasteiger partial charge in [0.1, 0.15) is 24.4 Å². The number of aliphatic hydroxyl groups is 2. The fourth-order valence-electron chi connectivity index (χ4n) is 1.65. The molecule has 0 aliphatic carbocycles. The second kappa shape index (κ2) is 2.93. The number of fused-ring (bicyclic) bond motifs is 2. The Balaban J connectivity index is 2.14. The van der Waals surface area contributed by atoms with E-state index >= 15 is 0 Å². The summed E-state index contributed by atoms with van der Waals surface area (Å²) in [5.74, 6) is 0. The Hall–Kier alpha value is -0.200. The molecule has 5 atom stereocenters. The van der Waals surface area contributed by atoms with Crippen molar-refractivity contribution in [1.82, 2.24) is 0 Å². The van der Waals surface area contributed by atoms with E-state index in [2.05, 4.69) is 0 Å². The molecule has 2 fully saturated rings. The molecular weight excluding hydrogens is 164 g/mol. The molecule has 2 heterocycles. The lowest BCUT2D eigenvalue weighted by Crippen LogP contribution is -2.54. The predicted molar refractivity (Wildman–Crippen MR) is 37.4 cm³/mol. The second-order valence-electron chi connectivity index (χ2n) is 3.06. The number of aliphatic hydroxyl groups excluding tert-OH is 2. The van der Waals surface area contributed by atoms with Gasteiger partial charge >= 0.3 is 0 Å². The van der Waals surface area contributed by atoms with Crippen molar-refractivity contribution in [3.8, 4) is 0 Å². The van der Waals surface area contributed by atoms with Gasteiger partial charge in [-0.15, -0.1) is 0 Å². The Morgan fingerprint density at radius 3 is 2.75 bits per heavy atom. The van der Waals surface area contributed by atoms with E-state index in [0.29, 0.717) is 6.61 Å². The standard InChI is InChI=1S/C7H12O5/c1-10-6-4(8)3-2-11-7(12-3)5(6)9/h3-9H,2H2,1H3/t3-,4+,5+,6-,7-/m1/s1. The molecule has 0 aromatic rings. The first-order valence-electron chi connectivity index (χ1n) is 3.90. The largest absolute Gasteiger partial charge is 0.387 e. The molecule has 5 nitrogen and oxygen atoms in total. The molecule has 2 aliphatic heterocycles. The third kappa shape index (κ3) is 1.06. The Bertz CT molecular complexity index is 157. The van der Waals surface area contributed by atoms with Crippen LogP contribution in [0.2, 0.25) is 0 Å². The third-order valence-electron chi connectivity index (χ3n) is 2.34. The highest BCUT2D eigenvalue weighted by atomic mass is 16.7. The van der Waals surface area contributed by atoms with Crippen LogP contribution < -0.4 is 0 Å². The minimum atomic E-state index is -0.899. The van der Waals surface area contributed by atoms with Gasteiger partial charge in [-0.3, -0.25) is 0 Å². The lowest BCUT2D eigenvalue weighted by Gasteiger charge is -2.34. The maximum atomic E-state index is 9.54. The molecule has 2 N–H and O–H groups in total. The molecule has 12 heavy (non-hydrogen) atoms. The maximum absolute atomic E-state index is 9.54. The van der Waals surface area contributed by atoms with Crippen molar-refractivity contribution in [1.29, 1.82) is 0 Å². The van der Waals surface area contributed by atoms with Crippen molar-refractivity contribution >= 4 is 0 Å². The molecule has 70 valence electrons. The summed E-state index contributed by atoms with van der Waals surface area (Å²) in [5, 5.41) is 19.0. The zero-order valence-corrected chi connectivity index (χ0v) is 6.71. The van der Waals surface area contributed by atoms with E-state index in [1.807, 2.05) is 0 Å². The summed E-state index contributed by atoms with van der Waals surface area (Å²) in [5.41, 5.74) is 0. The average molecular weight is 176 g/mol. The summed E-state index contributed by atoms with van der Waals surface area (Å²) >= 11 is 0. The molecule has 5 heteroatoms. The Labute approximate surface area is 69.8 Å². The lowest BCUT2D eigenvalue weighted by molar-refractivity contribution is -0.234. The number of hydrogen-bond acceptors (Lipinski definition) is 5. The summed E-state index contributed by atoms with van der Waals surface area (Å²) < 4.78 is 15.2. The zero-order valence-electron chi connectivity index (χ0n) is 6.71. The van der Waals surface area contributed by atoms with Gasteiger partial charge in [0, 0.05) is 7.11 Å². The molecule has 0 aromatic heterocycles. The topological polar surface area (TPSA) is 68.2 Å². The van der Waals surface area contributed by atoms with E-state index < -0.39 is 24.6 Å². The van der Waals surface area contributed by atoms with Crippen molar-refractivity contribution in [2.24, 2.45) is 0 Å². The first-order chi connectivity index (χ1) is 5.74. The molecule has 0 aromatic carbocycles. The van der Waals surface area contributed by atoms with Crippen LogP contribution in [0.3, 0.4) is 0 Å². The van der Waals surface area contributed by atoms with E-state index in [1.54, 1.807) is 0 Å². The minimum Gasteiger partial charge on any atom is -0.387 e. The Kier molecular flexibility index (Phi) is 2.05. The number of methoxy groups -OCH3 is 1. The van der Waals surface area contributed by atoms with Crippen LogP contribution in [0.1, 0.15) is 0 Å². The molecule has 2 aliphatic rings. The lowest BCUT2D eigenvalue weighted by atomic mass is 10.0. The maximum Gasteiger partial charge on any atom is 0.186 e. The fraction of sp³-hybridized carbons (Fsp3) is 1.00. The van der Waals surface area contributed by atoms with E-state index in [-0.39, 0.29) is 6.10 Å². The van der Waals surface area contributed by atoms with E-state index in [4.69, 9.17) is 14.2 Å². The Morgan fingerprint density at radius 2 is 2.08 bits per heavy atom. The highest BCUT2D eigenvalue weighted by molar-refractivity contribution is 4.93. The van der Waals surface area contributed by atoms with Crippen LogP contribution in [0, 0.1) is 0 Å².